The summed E-state index contributed by atoms with van der Waals surface area (Å²) in [6.45, 7) is 7.03. The Bertz CT molecular complexity index is 739. The lowest BCUT2D eigenvalue weighted by Gasteiger charge is -2.21. The van der Waals surface area contributed by atoms with Crippen molar-refractivity contribution in [2.75, 3.05) is 13.2 Å². The zero-order valence-electron chi connectivity index (χ0n) is 13.7. The highest BCUT2D eigenvalue weighted by Gasteiger charge is 2.17. The molecule has 0 unspecified atom stereocenters. The van der Waals surface area contributed by atoms with Gasteiger partial charge >= 0.3 is 0 Å². The molecule has 0 saturated heterocycles. The van der Waals surface area contributed by atoms with E-state index in [4.69, 9.17) is 9.47 Å². The van der Waals surface area contributed by atoms with Crippen molar-refractivity contribution in [2.24, 2.45) is 0 Å². The van der Waals surface area contributed by atoms with Crippen LogP contribution >= 0.6 is 0 Å². The topological polar surface area (TPSA) is 47.6 Å². The van der Waals surface area contributed by atoms with Crippen LogP contribution in [0, 0.1) is 13.8 Å². The number of nitrogens with one attached hydrogen (secondary N) is 1. The van der Waals surface area contributed by atoms with Crippen LogP contribution in [0.25, 0.3) is 0 Å². The van der Waals surface area contributed by atoms with Gasteiger partial charge in [-0.25, -0.2) is 0 Å². The van der Waals surface area contributed by atoms with E-state index in [1.165, 1.54) is 0 Å². The van der Waals surface area contributed by atoms with Crippen molar-refractivity contribution in [1.29, 1.82) is 0 Å². The molecule has 1 aliphatic rings. The summed E-state index contributed by atoms with van der Waals surface area (Å²) < 4.78 is 11.1. The van der Waals surface area contributed by atoms with Gasteiger partial charge in [-0.05, 0) is 50.1 Å². The smallest absolute Gasteiger partial charge is 0.252 e. The first-order valence-corrected chi connectivity index (χ1v) is 7.82. The minimum atomic E-state index is -0.113. The van der Waals surface area contributed by atoms with Crippen molar-refractivity contribution >= 4 is 5.91 Å². The van der Waals surface area contributed by atoms with Gasteiger partial charge < -0.3 is 14.8 Å². The Labute approximate surface area is 136 Å². The van der Waals surface area contributed by atoms with Crippen molar-refractivity contribution in [1.82, 2.24) is 5.32 Å². The number of carbonyl (C=O) groups excluding carboxylic acids is 1. The average Bonchev–Trinajstić information content (AvgIpc) is 2.56. The number of benzene rings is 2. The number of carbonyl (C=O) groups is 1. The summed E-state index contributed by atoms with van der Waals surface area (Å²) in [6, 6.07) is 11.6. The molecule has 4 nitrogen and oxygen atoms in total. The lowest BCUT2D eigenvalue weighted by Crippen LogP contribution is -2.27. The second-order valence-corrected chi connectivity index (χ2v) is 5.92. The third kappa shape index (κ3) is 3.31. The third-order valence-electron chi connectivity index (χ3n) is 4.05. The molecule has 0 fully saturated rings. The van der Waals surface area contributed by atoms with Gasteiger partial charge in [0.15, 0.2) is 11.5 Å². The van der Waals surface area contributed by atoms with Crippen LogP contribution in [0.5, 0.6) is 11.5 Å². The number of fused-ring (bicyclic) bond motifs is 1. The van der Waals surface area contributed by atoms with Crippen LogP contribution in [-0.2, 0) is 0 Å². The molecular weight excluding hydrogens is 290 g/mol. The summed E-state index contributed by atoms with van der Waals surface area (Å²) in [6.07, 6.45) is 0. The Morgan fingerprint density at radius 2 is 1.78 bits per heavy atom. The van der Waals surface area contributed by atoms with Gasteiger partial charge in [-0.3, -0.25) is 4.79 Å². The molecule has 120 valence electrons. The number of hydrogen-bond acceptors (Lipinski definition) is 3. The van der Waals surface area contributed by atoms with Crippen LogP contribution < -0.4 is 14.8 Å². The molecule has 4 heteroatoms. The van der Waals surface area contributed by atoms with Crippen LogP contribution in [0.3, 0.4) is 0 Å². The average molecular weight is 311 g/mol. The highest BCUT2D eigenvalue weighted by molar-refractivity contribution is 5.96. The molecule has 1 atom stereocenters. The van der Waals surface area contributed by atoms with Gasteiger partial charge in [0.25, 0.3) is 5.91 Å². The highest BCUT2D eigenvalue weighted by atomic mass is 16.6. The number of hydrogen-bond donors (Lipinski definition) is 1. The summed E-state index contributed by atoms with van der Waals surface area (Å²) >= 11 is 0. The normalized spacial score (nSPS) is 14.2. The quantitative estimate of drug-likeness (QED) is 0.942. The molecule has 3 rings (SSSR count). The number of rotatable bonds is 3. The monoisotopic (exact) mass is 311 g/mol. The molecule has 0 aliphatic carbocycles. The molecule has 1 N–H and O–H groups in total. The molecule has 0 saturated carbocycles. The standard InChI is InChI=1S/C19H21NO3/c1-12-4-5-13(2)16(10-12)19(21)20-14(3)15-6-7-17-18(11-15)23-9-8-22-17/h4-7,10-11,14H,8-9H2,1-3H3,(H,20,21)/t14-/m0/s1. The Hall–Kier alpha value is -2.49. The van der Waals surface area contributed by atoms with E-state index in [0.29, 0.717) is 13.2 Å². The van der Waals surface area contributed by atoms with E-state index in [1.807, 2.05) is 57.2 Å². The largest absolute Gasteiger partial charge is 0.486 e. The lowest BCUT2D eigenvalue weighted by molar-refractivity contribution is 0.0939. The maximum Gasteiger partial charge on any atom is 0.252 e. The van der Waals surface area contributed by atoms with Crippen molar-refractivity contribution in [3.8, 4) is 11.5 Å². The van der Waals surface area contributed by atoms with Crippen molar-refractivity contribution in [3.63, 3.8) is 0 Å². The summed E-state index contributed by atoms with van der Waals surface area (Å²) in [5, 5.41) is 3.05. The zero-order valence-corrected chi connectivity index (χ0v) is 13.7. The van der Waals surface area contributed by atoms with Gasteiger partial charge in [-0.15, -0.1) is 0 Å². The molecule has 0 aromatic heterocycles. The van der Waals surface area contributed by atoms with E-state index >= 15 is 0 Å². The third-order valence-corrected chi connectivity index (χ3v) is 4.05. The molecule has 1 amide bonds. The predicted octanol–water partition coefficient (Wildman–Crippen LogP) is 3.57. The summed E-state index contributed by atoms with van der Waals surface area (Å²) in [7, 11) is 0. The van der Waals surface area contributed by atoms with Crippen LogP contribution in [0.15, 0.2) is 36.4 Å². The maximum atomic E-state index is 12.5. The minimum absolute atomic E-state index is 0.0615. The SMILES string of the molecule is Cc1ccc(C)c(C(=O)N[C@@H](C)c2ccc3c(c2)OCCO3)c1. The molecule has 0 radical (unpaired) electrons. The Morgan fingerprint density at radius 3 is 2.57 bits per heavy atom. The van der Waals surface area contributed by atoms with Gasteiger partial charge in [0.2, 0.25) is 0 Å². The Balaban J connectivity index is 1.77. The van der Waals surface area contributed by atoms with Crippen molar-refractivity contribution < 1.29 is 14.3 Å². The lowest BCUT2D eigenvalue weighted by atomic mass is 10.0. The highest BCUT2D eigenvalue weighted by Crippen LogP contribution is 2.32. The van der Waals surface area contributed by atoms with Gasteiger partial charge in [-0.1, -0.05) is 23.8 Å². The number of aryl methyl sites for hydroxylation is 2. The van der Waals surface area contributed by atoms with E-state index in [9.17, 15) is 4.79 Å². The maximum absolute atomic E-state index is 12.5. The molecule has 0 bridgehead atoms. The van der Waals surface area contributed by atoms with E-state index in [-0.39, 0.29) is 11.9 Å². The van der Waals surface area contributed by atoms with Gasteiger partial charge in [0.05, 0.1) is 6.04 Å². The fourth-order valence-electron chi connectivity index (χ4n) is 2.67. The van der Waals surface area contributed by atoms with E-state index in [0.717, 1.165) is 33.8 Å². The van der Waals surface area contributed by atoms with Crippen LogP contribution in [-0.4, -0.2) is 19.1 Å². The molecule has 0 spiro atoms. The Kier molecular flexibility index (Phi) is 4.24. The molecule has 2 aromatic rings. The first-order valence-electron chi connectivity index (χ1n) is 7.82. The Morgan fingerprint density at radius 1 is 1.04 bits per heavy atom. The van der Waals surface area contributed by atoms with Gasteiger partial charge in [0.1, 0.15) is 13.2 Å². The first kappa shape index (κ1) is 15.4. The van der Waals surface area contributed by atoms with Crippen molar-refractivity contribution in [2.45, 2.75) is 26.8 Å². The number of amides is 1. The van der Waals surface area contributed by atoms with Gasteiger partial charge in [-0.2, -0.15) is 0 Å². The summed E-state index contributed by atoms with van der Waals surface area (Å²) in [5.41, 5.74) is 3.76. The van der Waals surface area contributed by atoms with Crippen LogP contribution in [0.1, 0.15) is 40.0 Å². The fraction of sp³-hybridized carbons (Fsp3) is 0.316. The zero-order chi connectivity index (χ0) is 16.4. The van der Waals surface area contributed by atoms with E-state index < -0.39 is 0 Å². The van der Waals surface area contributed by atoms with E-state index in [1.54, 1.807) is 0 Å². The fourth-order valence-corrected chi connectivity index (χ4v) is 2.67. The first-order chi connectivity index (χ1) is 11.0. The van der Waals surface area contributed by atoms with Crippen LogP contribution in [0.2, 0.25) is 0 Å². The molecule has 1 heterocycles. The molecule has 1 aliphatic heterocycles. The summed E-state index contributed by atoms with van der Waals surface area (Å²) in [4.78, 5) is 12.5. The van der Waals surface area contributed by atoms with Crippen LogP contribution in [0.4, 0.5) is 0 Å². The minimum Gasteiger partial charge on any atom is -0.486 e. The molecule has 2 aromatic carbocycles. The summed E-state index contributed by atoms with van der Waals surface area (Å²) in [5.74, 6) is 1.43. The predicted molar refractivity (Wildman–Crippen MR) is 89.2 cm³/mol. The van der Waals surface area contributed by atoms with Gasteiger partial charge in [0, 0.05) is 5.56 Å². The second-order valence-electron chi connectivity index (χ2n) is 5.92. The van der Waals surface area contributed by atoms with Crippen molar-refractivity contribution in [3.05, 3.63) is 58.7 Å². The molecular formula is C19H21NO3. The molecule has 23 heavy (non-hydrogen) atoms. The van der Waals surface area contributed by atoms with E-state index in [2.05, 4.69) is 5.32 Å². The number of ether oxygens (including phenoxy) is 2. The second kappa shape index (κ2) is 6.32.